The van der Waals surface area contributed by atoms with E-state index in [1.54, 1.807) is 23.1 Å². The highest BCUT2D eigenvalue weighted by molar-refractivity contribution is 7.92. The van der Waals surface area contributed by atoms with Crippen molar-refractivity contribution in [2.24, 2.45) is 0 Å². The van der Waals surface area contributed by atoms with Crippen LogP contribution in [0.1, 0.15) is 35.3 Å². The molecule has 0 aromatic heterocycles. The number of benzene rings is 2. The van der Waals surface area contributed by atoms with Crippen LogP contribution in [0.2, 0.25) is 0 Å². The highest BCUT2D eigenvalue weighted by Crippen LogP contribution is 2.37. The molecule has 0 bridgehead atoms. The number of carboxylic acids is 1. The second kappa shape index (κ2) is 6.34. The van der Waals surface area contributed by atoms with Gasteiger partial charge in [0.1, 0.15) is 0 Å². The largest absolute Gasteiger partial charge is 0.478 e. The quantitative estimate of drug-likeness (QED) is 0.854. The molecular formula is C20H20N2O5S. The molecule has 1 amide bonds. The van der Waals surface area contributed by atoms with Crippen molar-refractivity contribution in [3.8, 4) is 0 Å². The summed E-state index contributed by atoms with van der Waals surface area (Å²) in [4.78, 5) is 24.9. The van der Waals surface area contributed by atoms with Crippen molar-refractivity contribution in [2.75, 3.05) is 15.7 Å². The standard InChI is InChI=1S/C20H20N2O5S/c1-12-9-16-11-17(4-6-19(16)22(12)13(2)23)28(26,27)21-8-7-14-10-15(20(24)25)3-5-18(14)21/h3-6,10-12H,7-9H2,1-2H3,(H,24,25). The monoisotopic (exact) mass is 400 g/mol. The lowest BCUT2D eigenvalue weighted by Crippen LogP contribution is -2.33. The first-order valence-electron chi connectivity index (χ1n) is 9.02. The zero-order chi connectivity index (χ0) is 20.2. The van der Waals surface area contributed by atoms with Gasteiger partial charge in [0.25, 0.3) is 10.0 Å². The Labute approximate surface area is 163 Å². The molecule has 4 rings (SSSR count). The number of aromatic carboxylic acids is 1. The Morgan fingerprint density at radius 3 is 2.46 bits per heavy atom. The van der Waals surface area contributed by atoms with Gasteiger partial charge >= 0.3 is 5.97 Å². The van der Waals surface area contributed by atoms with Crippen LogP contribution in [0.4, 0.5) is 11.4 Å². The zero-order valence-corrected chi connectivity index (χ0v) is 16.4. The van der Waals surface area contributed by atoms with Gasteiger partial charge in [0.05, 0.1) is 16.1 Å². The van der Waals surface area contributed by atoms with Crippen LogP contribution in [0.3, 0.4) is 0 Å². The molecule has 1 unspecified atom stereocenters. The number of carbonyl (C=O) groups is 2. The third-order valence-corrected chi connectivity index (χ3v) is 7.18. The first kappa shape index (κ1) is 18.5. The number of nitrogens with zero attached hydrogens (tertiary/aromatic N) is 2. The maximum Gasteiger partial charge on any atom is 0.335 e. The van der Waals surface area contributed by atoms with Gasteiger partial charge in [-0.05, 0) is 67.3 Å². The third kappa shape index (κ3) is 2.75. The van der Waals surface area contributed by atoms with E-state index in [2.05, 4.69) is 0 Å². The molecule has 28 heavy (non-hydrogen) atoms. The summed E-state index contributed by atoms with van der Waals surface area (Å²) >= 11 is 0. The summed E-state index contributed by atoms with van der Waals surface area (Å²) < 4.78 is 27.8. The molecule has 2 aliphatic heterocycles. The summed E-state index contributed by atoms with van der Waals surface area (Å²) in [6.45, 7) is 3.71. The van der Waals surface area contributed by atoms with Crippen molar-refractivity contribution in [3.05, 3.63) is 53.1 Å². The molecule has 0 aliphatic carbocycles. The lowest BCUT2D eigenvalue weighted by Gasteiger charge is -2.22. The molecule has 146 valence electrons. The van der Waals surface area contributed by atoms with Gasteiger partial charge in [-0.2, -0.15) is 0 Å². The van der Waals surface area contributed by atoms with E-state index in [0.717, 1.165) is 11.3 Å². The first-order valence-corrected chi connectivity index (χ1v) is 10.5. The molecular weight excluding hydrogens is 380 g/mol. The van der Waals surface area contributed by atoms with Crippen molar-refractivity contribution in [3.63, 3.8) is 0 Å². The van der Waals surface area contributed by atoms with E-state index in [1.807, 2.05) is 6.92 Å². The first-order chi connectivity index (χ1) is 13.2. The van der Waals surface area contributed by atoms with Crippen LogP contribution in [0.25, 0.3) is 0 Å². The fraction of sp³-hybridized carbons (Fsp3) is 0.300. The normalized spacial score (nSPS) is 18.1. The van der Waals surface area contributed by atoms with Gasteiger partial charge in [0.15, 0.2) is 0 Å². The molecule has 2 aliphatic rings. The summed E-state index contributed by atoms with van der Waals surface area (Å²) in [5, 5.41) is 9.13. The van der Waals surface area contributed by atoms with Crippen LogP contribution in [-0.4, -0.2) is 38.0 Å². The molecule has 2 aromatic carbocycles. The van der Waals surface area contributed by atoms with Crippen LogP contribution in [0.5, 0.6) is 0 Å². The Hall–Kier alpha value is -2.87. The Bertz CT molecular complexity index is 1110. The lowest BCUT2D eigenvalue weighted by atomic mass is 10.1. The van der Waals surface area contributed by atoms with Gasteiger partial charge < -0.3 is 10.0 Å². The lowest BCUT2D eigenvalue weighted by molar-refractivity contribution is -0.116. The minimum atomic E-state index is -3.78. The van der Waals surface area contributed by atoms with Crippen LogP contribution >= 0.6 is 0 Å². The Morgan fingerprint density at radius 1 is 1.07 bits per heavy atom. The number of carbonyl (C=O) groups excluding carboxylic acids is 1. The van der Waals surface area contributed by atoms with E-state index in [1.165, 1.54) is 29.4 Å². The molecule has 1 atom stereocenters. The van der Waals surface area contributed by atoms with Crippen molar-refractivity contribution in [2.45, 2.75) is 37.6 Å². The summed E-state index contributed by atoms with van der Waals surface area (Å²) in [5.41, 5.74) is 2.97. The average Bonchev–Trinajstić information content (AvgIpc) is 3.20. The second-order valence-corrected chi connectivity index (χ2v) is 9.07. The number of amides is 1. The van der Waals surface area contributed by atoms with Gasteiger partial charge in [-0.25, -0.2) is 13.2 Å². The zero-order valence-electron chi connectivity index (χ0n) is 15.5. The van der Waals surface area contributed by atoms with Gasteiger partial charge in [-0.1, -0.05) is 0 Å². The molecule has 0 fully saturated rings. The van der Waals surface area contributed by atoms with Crippen molar-refractivity contribution in [1.29, 1.82) is 0 Å². The van der Waals surface area contributed by atoms with Crippen LogP contribution in [0, 0.1) is 0 Å². The fourth-order valence-electron chi connectivity index (χ4n) is 4.13. The summed E-state index contributed by atoms with van der Waals surface area (Å²) in [6, 6.07) is 9.37. The van der Waals surface area contributed by atoms with Gasteiger partial charge in [-0.3, -0.25) is 9.10 Å². The number of carboxylic acid groups (broad SMARTS) is 1. The second-order valence-electron chi connectivity index (χ2n) is 7.21. The number of hydrogen-bond acceptors (Lipinski definition) is 4. The maximum absolute atomic E-state index is 13.2. The van der Waals surface area contributed by atoms with E-state index in [4.69, 9.17) is 5.11 Å². The van der Waals surface area contributed by atoms with E-state index >= 15 is 0 Å². The van der Waals surface area contributed by atoms with E-state index < -0.39 is 16.0 Å². The Balaban J connectivity index is 1.71. The highest BCUT2D eigenvalue weighted by atomic mass is 32.2. The molecule has 7 nitrogen and oxygen atoms in total. The minimum absolute atomic E-state index is 0.00703. The molecule has 8 heteroatoms. The van der Waals surface area contributed by atoms with Crippen LogP contribution < -0.4 is 9.21 Å². The van der Waals surface area contributed by atoms with Crippen molar-refractivity contribution >= 4 is 33.3 Å². The maximum atomic E-state index is 13.2. The molecule has 0 spiro atoms. The topological polar surface area (TPSA) is 95.0 Å². The summed E-state index contributed by atoms with van der Waals surface area (Å²) in [7, 11) is -3.78. The van der Waals surface area contributed by atoms with E-state index in [0.29, 0.717) is 24.1 Å². The minimum Gasteiger partial charge on any atom is -0.478 e. The summed E-state index contributed by atoms with van der Waals surface area (Å²) in [5.74, 6) is -1.10. The third-order valence-electron chi connectivity index (χ3n) is 5.37. The molecule has 0 radical (unpaired) electrons. The van der Waals surface area contributed by atoms with Crippen molar-refractivity contribution in [1.82, 2.24) is 0 Å². The van der Waals surface area contributed by atoms with Gasteiger partial charge in [-0.15, -0.1) is 0 Å². The van der Waals surface area contributed by atoms with Crippen molar-refractivity contribution < 1.29 is 23.1 Å². The molecule has 0 saturated carbocycles. The predicted molar refractivity (Wildman–Crippen MR) is 104 cm³/mol. The molecule has 1 N–H and O–H groups in total. The van der Waals surface area contributed by atoms with Gasteiger partial charge in [0.2, 0.25) is 5.91 Å². The number of anilines is 2. The van der Waals surface area contributed by atoms with Gasteiger partial charge in [0, 0.05) is 25.2 Å². The van der Waals surface area contributed by atoms with E-state index in [9.17, 15) is 18.0 Å². The molecule has 2 aromatic rings. The molecule has 0 saturated heterocycles. The van der Waals surface area contributed by atoms with Crippen LogP contribution in [-0.2, 0) is 27.7 Å². The summed E-state index contributed by atoms with van der Waals surface area (Å²) in [6.07, 6.45) is 1.08. The molecule has 2 heterocycles. The average molecular weight is 400 g/mol. The van der Waals surface area contributed by atoms with E-state index in [-0.39, 0.29) is 29.0 Å². The fourth-order valence-corrected chi connectivity index (χ4v) is 5.68. The number of fused-ring (bicyclic) bond motifs is 2. The Kier molecular flexibility index (Phi) is 4.19. The predicted octanol–water partition coefficient (Wildman–Crippen LogP) is 2.43. The Morgan fingerprint density at radius 2 is 1.79 bits per heavy atom. The SMILES string of the molecule is CC(=O)N1c2ccc(S(=O)(=O)N3CCc4cc(C(=O)O)ccc43)cc2CC1C. The highest BCUT2D eigenvalue weighted by Gasteiger charge is 2.34. The number of hydrogen-bond donors (Lipinski definition) is 1. The van der Waals surface area contributed by atoms with Crippen LogP contribution in [0.15, 0.2) is 41.3 Å². The number of rotatable bonds is 3. The number of sulfonamides is 1. The smallest absolute Gasteiger partial charge is 0.335 e.